The average molecular weight is 288 g/mol. The highest BCUT2D eigenvalue weighted by atomic mass is 16.2. The number of benzene rings is 1. The molecule has 1 aliphatic carbocycles. The van der Waals surface area contributed by atoms with E-state index in [-0.39, 0.29) is 17.4 Å². The van der Waals surface area contributed by atoms with Crippen LogP contribution in [0.3, 0.4) is 0 Å². The molecule has 1 aromatic rings. The molecule has 0 spiro atoms. The third kappa shape index (κ3) is 3.46. The van der Waals surface area contributed by atoms with E-state index in [0.717, 1.165) is 37.1 Å². The fourth-order valence-electron chi connectivity index (χ4n) is 3.45. The Labute approximate surface area is 128 Å². The molecule has 1 unspecified atom stereocenters. The molecular weight excluding hydrogens is 260 g/mol. The minimum absolute atomic E-state index is 0.144. The van der Waals surface area contributed by atoms with Gasteiger partial charge in [0.05, 0.1) is 0 Å². The summed E-state index contributed by atoms with van der Waals surface area (Å²) in [6, 6.07) is 8.37. The Balaban J connectivity index is 2.17. The molecule has 2 rings (SSSR count). The van der Waals surface area contributed by atoms with Crippen molar-refractivity contribution >= 4 is 11.6 Å². The molecule has 1 aromatic carbocycles. The predicted octanol–water partition coefficient (Wildman–Crippen LogP) is 4.27. The second-order valence-electron chi connectivity index (χ2n) is 6.16. The highest BCUT2D eigenvalue weighted by Gasteiger charge is 2.39. The Hall–Kier alpha value is -1.35. The highest BCUT2D eigenvalue weighted by molar-refractivity contribution is 5.96. The Morgan fingerprint density at radius 3 is 2.52 bits per heavy atom. The van der Waals surface area contributed by atoms with Crippen molar-refractivity contribution in [2.24, 2.45) is 5.41 Å². The van der Waals surface area contributed by atoms with Crippen molar-refractivity contribution in [3.8, 4) is 0 Å². The van der Waals surface area contributed by atoms with Gasteiger partial charge in [0.1, 0.15) is 0 Å². The maximum Gasteiger partial charge on any atom is 0.230 e. The van der Waals surface area contributed by atoms with E-state index < -0.39 is 0 Å². The van der Waals surface area contributed by atoms with Gasteiger partial charge in [0.25, 0.3) is 0 Å². The van der Waals surface area contributed by atoms with E-state index in [2.05, 4.69) is 37.5 Å². The topological polar surface area (TPSA) is 41.1 Å². The van der Waals surface area contributed by atoms with Crippen LogP contribution >= 0.6 is 0 Å². The van der Waals surface area contributed by atoms with Crippen LogP contribution < -0.4 is 10.6 Å². The van der Waals surface area contributed by atoms with E-state index in [1.54, 1.807) is 0 Å². The van der Waals surface area contributed by atoms with Crippen molar-refractivity contribution < 1.29 is 4.79 Å². The SMILES string of the molecule is CCNC(C)c1ccccc1NC(=O)C1(CC)CCCC1. The molecular formula is C18H28N2O. The van der Waals surface area contributed by atoms with Gasteiger partial charge in [-0.1, -0.05) is 44.9 Å². The third-order valence-electron chi connectivity index (χ3n) is 4.90. The molecule has 3 nitrogen and oxygen atoms in total. The summed E-state index contributed by atoms with van der Waals surface area (Å²) in [5.74, 6) is 0.207. The number of anilines is 1. The summed E-state index contributed by atoms with van der Waals surface area (Å²) in [5, 5.41) is 6.62. The lowest BCUT2D eigenvalue weighted by Crippen LogP contribution is -2.33. The normalized spacial score (nSPS) is 18.4. The van der Waals surface area contributed by atoms with Crippen LogP contribution in [0, 0.1) is 5.41 Å². The zero-order chi connectivity index (χ0) is 15.3. The van der Waals surface area contributed by atoms with Gasteiger partial charge in [0.2, 0.25) is 5.91 Å². The zero-order valence-corrected chi connectivity index (χ0v) is 13.5. The van der Waals surface area contributed by atoms with E-state index >= 15 is 0 Å². The van der Waals surface area contributed by atoms with Gasteiger partial charge >= 0.3 is 0 Å². The van der Waals surface area contributed by atoms with Gasteiger partial charge in [-0.05, 0) is 44.4 Å². The quantitative estimate of drug-likeness (QED) is 0.821. The molecule has 0 aromatic heterocycles. The van der Waals surface area contributed by atoms with Gasteiger partial charge in [-0.2, -0.15) is 0 Å². The van der Waals surface area contributed by atoms with Crippen LogP contribution in [0.2, 0.25) is 0 Å². The first kappa shape index (κ1) is 16.0. The third-order valence-corrected chi connectivity index (χ3v) is 4.90. The summed E-state index contributed by atoms with van der Waals surface area (Å²) in [4.78, 5) is 12.8. The van der Waals surface area contributed by atoms with E-state index in [0.29, 0.717) is 0 Å². The number of carbonyl (C=O) groups is 1. The summed E-state index contributed by atoms with van der Waals surface area (Å²) in [5.41, 5.74) is 1.97. The van der Waals surface area contributed by atoms with Crippen LogP contribution in [0.5, 0.6) is 0 Å². The predicted molar refractivity (Wildman–Crippen MR) is 88.4 cm³/mol. The number of para-hydroxylation sites is 1. The number of nitrogens with one attached hydrogen (secondary N) is 2. The number of rotatable bonds is 6. The van der Waals surface area contributed by atoms with Gasteiger partial charge in [-0.25, -0.2) is 0 Å². The van der Waals surface area contributed by atoms with Crippen LogP contribution in [0.1, 0.15) is 64.5 Å². The van der Waals surface area contributed by atoms with E-state index in [1.807, 2.05) is 18.2 Å². The van der Waals surface area contributed by atoms with Crippen LogP contribution in [0.4, 0.5) is 5.69 Å². The summed E-state index contributed by atoms with van der Waals surface area (Å²) >= 11 is 0. The van der Waals surface area contributed by atoms with Crippen LogP contribution in [0.15, 0.2) is 24.3 Å². The minimum Gasteiger partial charge on any atom is -0.325 e. The Morgan fingerprint density at radius 2 is 1.90 bits per heavy atom. The molecule has 3 heteroatoms. The van der Waals surface area contributed by atoms with Crippen LogP contribution in [0.25, 0.3) is 0 Å². The maximum atomic E-state index is 12.8. The van der Waals surface area contributed by atoms with Gasteiger partial charge in [0, 0.05) is 17.1 Å². The first-order valence-electron chi connectivity index (χ1n) is 8.26. The largest absolute Gasteiger partial charge is 0.325 e. The average Bonchev–Trinajstić information content (AvgIpc) is 2.98. The van der Waals surface area contributed by atoms with Crippen molar-refractivity contribution in [2.75, 3.05) is 11.9 Å². The van der Waals surface area contributed by atoms with E-state index in [4.69, 9.17) is 0 Å². The second-order valence-corrected chi connectivity index (χ2v) is 6.16. The van der Waals surface area contributed by atoms with Crippen LogP contribution in [-0.4, -0.2) is 12.5 Å². The number of amides is 1. The Bertz CT molecular complexity index is 478. The molecule has 1 atom stereocenters. The number of carbonyl (C=O) groups excluding carboxylic acids is 1. The number of hydrogen-bond donors (Lipinski definition) is 2. The fraction of sp³-hybridized carbons (Fsp3) is 0.611. The molecule has 0 radical (unpaired) electrons. The molecule has 116 valence electrons. The lowest BCUT2D eigenvalue weighted by atomic mass is 9.82. The van der Waals surface area contributed by atoms with Crippen molar-refractivity contribution in [1.82, 2.24) is 5.32 Å². The molecule has 1 saturated carbocycles. The molecule has 1 fully saturated rings. The summed E-state index contributed by atoms with van der Waals surface area (Å²) < 4.78 is 0. The molecule has 0 heterocycles. The first-order valence-corrected chi connectivity index (χ1v) is 8.26. The zero-order valence-electron chi connectivity index (χ0n) is 13.5. The Kier molecular flexibility index (Phi) is 5.40. The highest BCUT2D eigenvalue weighted by Crippen LogP contribution is 2.42. The van der Waals surface area contributed by atoms with E-state index in [1.165, 1.54) is 12.8 Å². The van der Waals surface area contributed by atoms with E-state index in [9.17, 15) is 4.79 Å². The number of hydrogen-bond acceptors (Lipinski definition) is 2. The van der Waals surface area contributed by atoms with Gasteiger partial charge in [0.15, 0.2) is 0 Å². The smallest absolute Gasteiger partial charge is 0.230 e. The summed E-state index contributed by atoms with van der Waals surface area (Å²) in [6.07, 6.45) is 5.34. The van der Waals surface area contributed by atoms with Crippen molar-refractivity contribution in [3.05, 3.63) is 29.8 Å². The molecule has 1 aliphatic rings. The van der Waals surface area contributed by atoms with Crippen molar-refractivity contribution in [3.63, 3.8) is 0 Å². The minimum atomic E-state index is -0.144. The maximum absolute atomic E-state index is 12.8. The van der Waals surface area contributed by atoms with Crippen molar-refractivity contribution in [1.29, 1.82) is 0 Å². The standard InChI is InChI=1S/C18H28N2O/c1-4-18(12-8-9-13-18)17(21)20-16-11-7-6-10-15(16)14(3)19-5-2/h6-7,10-11,14,19H,4-5,8-9,12-13H2,1-3H3,(H,20,21). The molecule has 0 aliphatic heterocycles. The lowest BCUT2D eigenvalue weighted by molar-refractivity contribution is -0.125. The summed E-state index contributed by atoms with van der Waals surface area (Å²) in [6.45, 7) is 7.29. The molecule has 0 bridgehead atoms. The van der Waals surface area contributed by atoms with Crippen LogP contribution in [-0.2, 0) is 4.79 Å². The monoisotopic (exact) mass is 288 g/mol. The van der Waals surface area contributed by atoms with Gasteiger partial charge < -0.3 is 10.6 Å². The molecule has 21 heavy (non-hydrogen) atoms. The fourth-order valence-corrected chi connectivity index (χ4v) is 3.45. The lowest BCUT2D eigenvalue weighted by Gasteiger charge is -2.27. The molecule has 0 saturated heterocycles. The summed E-state index contributed by atoms with van der Waals surface area (Å²) in [7, 11) is 0. The Morgan fingerprint density at radius 1 is 1.24 bits per heavy atom. The molecule has 2 N–H and O–H groups in total. The van der Waals surface area contributed by atoms with Gasteiger partial charge in [-0.3, -0.25) is 4.79 Å². The van der Waals surface area contributed by atoms with Gasteiger partial charge in [-0.15, -0.1) is 0 Å². The molecule has 1 amide bonds. The first-order chi connectivity index (χ1) is 10.1. The van der Waals surface area contributed by atoms with Crippen molar-refractivity contribution in [2.45, 2.75) is 58.9 Å². The second kappa shape index (κ2) is 7.08.